The third-order valence-electron chi connectivity index (χ3n) is 2.39. The van der Waals surface area contributed by atoms with Crippen molar-refractivity contribution in [3.8, 4) is 0 Å². The molecule has 0 aliphatic carbocycles. The van der Waals surface area contributed by atoms with Crippen molar-refractivity contribution in [2.24, 2.45) is 0 Å². The van der Waals surface area contributed by atoms with Gasteiger partial charge in [-0.15, -0.1) is 0 Å². The number of hydrogen-bond donors (Lipinski definition) is 1. The maximum absolute atomic E-state index is 12.4. The van der Waals surface area contributed by atoms with Crippen LogP contribution >= 0.6 is 0 Å². The first-order chi connectivity index (χ1) is 7.84. The summed E-state index contributed by atoms with van der Waals surface area (Å²) < 4.78 is 41.6. The van der Waals surface area contributed by atoms with Gasteiger partial charge in [-0.1, -0.05) is 0 Å². The van der Waals surface area contributed by atoms with Crippen LogP contribution in [0, 0.1) is 6.92 Å². The Balaban J connectivity index is 2.74. The Kier molecular flexibility index (Phi) is 4.47. The summed E-state index contributed by atoms with van der Waals surface area (Å²) in [6.45, 7) is 1.70. The maximum Gasteiger partial charge on any atom is 0.414 e. The first kappa shape index (κ1) is 13.9. The topological polar surface area (TPSA) is 42.4 Å². The lowest BCUT2D eigenvalue weighted by atomic mass is 10.0. The predicted molar refractivity (Wildman–Crippen MR) is 55.4 cm³/mol. The van der Waals surface area contributed by atoms with Crippen molar-refractivity contribution in [3.63, 3.8) is 0 Å². The number of ether oxygens (including phenoxy) is 1. The van der Waals surface area contributed by atoms with Crippen LogP contribution in [0.25, 0.3) is 0 Å². The van der Waals surface area contributed by atoms with Gasteiger partial charge in [-0.25, -0.2) is 0 Å². The third kappa shape index (κ3) is 3.98. The third-order valence-corrected chi connectivity index (χ3v) is 2.39. The zero-order valence-electron chi connectivity index (χ0n) is 9.53. The van der Waals surface area contributed by atoms with Gasteiger partial charge in [0.15, 0.2) is 6.10 Å². The number of halogens is 3. The van der Waals surface area contributed by atoms with Crippen molar-refractivity contribution in [2.75, 3.05) is 7.11 Å². The van der Waals surface area contributed by atoms with E-state index >= 15 is 0 Å². The highest BCUT2D eigenvalue weighted by atomic mass is 19.4. The number of pyridine rings is 1. The molecule has 6 heteroatoms. The maximum atomic E-state index is 12.4. The summed E-state index contributed by atoms with van der Waals surface area (Å²) in [6, 6.07) is 3.04. The molecular weight excluding hydrogens is 235 g/mol. The first-order valence-electron chi connectivity index (χ1n) is 5.04. The Hall–Kier alpha value is -1.14. The number of aromatic nitrogens is 1. The Morgan fingerprint density at radius 2 is 2.12 bits per heavy atom. The van der Waals surface area contributed by atoms with E-state index in [9.17, 15) is 18.3 Å². The molecule has 0 spiro atoms. The molecule has 0 bridgehead atoms. The largest absolute Gasteiger partial charge is 0.414 e. The Morgan fingerprint density at radius 3 is 2.59 bits per heavy atom. The second-order valence-electron chi connectivity index (χ2n) is 3.75. The van der Waals surface area contributed by atoms with Gasteiger partial charge in [-0.2, -0.15) is 13.2 Å². The van der Waals surface area contributed by atoms with Gasteiger partial charge in [0.05, 0.1) is 6.10 Å². The Bertz CT molecular complexity index is 368. The SMILES string of the molecule is COC(CC(O)c1ccnc(C)c1)C(F)(F)F. The van der Waals surface area contributed by atoms with Crippen LogP contribution in [0.4, 0.5) is 13.2 Å². The van der Waals surface area contributed by atoms with Gasteiger partial charge in [0.2, 0.25) is 0 Å². The molecule has 0 saturated heterocycles. The number of aryl methyl sites for hydroxylation is 1. The van der Waals surface area contributed by atoms with Crippen LogP contribution in [0.1, 0.15) is 23.8 Å². The number of methoxy groups -OCH3 is 1. The molecule has 1 rings (SSSR count). The van der Waals surface area contributed by atoms with Gasteiger partial charge in [-0.05, 0) is 24.6 Å². The van der Waals surface area contributed by atoms with E-state index in [0.717, 1.165) is 7.11 Å². The van der Waals surface area contributed by atoms with Crippen molar-refractivity contribution in [2.45, 2.75) is 31.7 Å². The number of hydrogen-bond acceptors (Lipinski definition) is 3. The van der Waals surface area contributed by atoms with E-state index in [2.05, 4.69) is 9.72 Å². The Morgan fingerprint density at radius 1 is 1.47 bits per heavy atom. The quantitative estimate of drug-likeness (QED) is 0.890. The molecule has 1 N–H and O–H groups in total. The van der Waals surface area contributed by atoms with E-state index in [-0.39, 0.29) is 0 Å². The fourth-order valence-electron chi connectivity index (χ4n) is 1.48. The summed E-state index contributed by atoms with van der Waals surface area (Å²) in [7, 11) is 0.975. The summed E-state index contributed by atoms with van der Waals surface area (Å²) in [5, 5.41) is 9.70. The monoisotopic (exact) mass is 249 g/mol. The average molecular weight is 249 g/mol. The second-order valence-corrected chi connectivity index (χ2v) is 3.75. The number of aliphatic hydroxyl groups excluding tert-OH is 1. The minimum atomic E-state index is -4.47. The Labute approximate surface area is 97.2 Å². The van der Waals surface area contributed by atoms with E-state index in [1.165, 1.54) is 12.3 Å². The van der Waals surface area contributed by atoms with Crippen LogP contribution in [-0.2, 0) is 4.74 Å². The predicted octanol–water partition coefficient (Wildman–Crippen LogP) is 2.39. The molecule has 2 atom stereocenters. The fourth-order valence-corrected chi connectivity index (χ4v) is 1.48. The van der Waals surface area contributed by atoms with Crippen molar-refractivity contribution in [1.29, 1.82) is 0 Å². The molecule has 0 aromatic carbocycles. The number of alkyl halides is 3. The van der Waals surface area contributed by atoms with Crippen LogP contribution < -0.4 is 0 Å². The summed E-state index contributed by atoms with van der Waals surface area (Å²) in [5.41, 5.74) is 1.05. The average Bonchev–Trinajstić information content (AvgIpc) is 2.23. The van der Waals surface area contributed by atoms with Crippen molar-refractivity contribution < 1.29 is 23.0 Å². The van der Waals surface area contributed by atoms with Crippen LogP contribution in [0.3, 0.4) is 0 Å². The van der Waals surface area contributed by atoms with Gasteiger partial charge in [0, 0.05) is 25.4 Å². The molecule has 1 aromatic rings. The minimum Gasteiger partial charge on any atom is -0.388 e. The van der Waals surface area contributed by atoms with E-state index in [0.29, 0.717) is 11.3 Å². The van der Waals surface area contributed by atoms with E-state index in [1.807, 2.05) is 0 Å². The lowest BCUT2D eigenvalue weighted by Crippen LogP contribution is -2.32. The molecule has 0 aliphatic rings. The zero-order chi connectivity index (χ0) is 13.1. The molecule has 3 nitrogen and oxygen atoms in total. The van der Waals surface area contributed by atoms with Crippen molar-refractivity contribution >= 4 is 0 Å². The normalized spacial score (nSPS) is 15.6. The van der Waals surface area contributed by atoms with Gasteiger partial charge in [0.25, 0.3) is 0 Å². The number of aliphatic hydroxyl groups is 1. The molecule has 0 aliphatic heterocycles. The summed E-state index contributed by atoms with van der Waals surface area (Å²) in [6.07, 6.45) is -6.74. The van der Waals surface area contributed by atoms with Crippen LogP contribution in [-0.4, -0.2) is 29.5 Å². The molecular formula is C11H14F3NO2. The standard InChI is InChI=1S/C11H14F3NO2/c1-7-5-8(3-4-15-7)9(16)6-10(17-2)11(12,13)14/h3-5,9-10,16H,6H2,1-2H3. The van der Waals surface area contributed by atoms with Crippen LogP contribution in [0.5, 0.6) is 0 Å². The lowest BCUT2D eigenvalue weighted by Gasteiger charge is -2.21. The summed E-state index contributed by atoms with van der Waals surface area (Å²) >= 11 is 0. The molecule has 1 aromatic heterocycles. The van der Waals surface area contributed by atoms with Crippen molar-refractivity contribution in [3.05, 3.63) is 29.6 Å². The zero-order valence-corrected chi connectivity index (χ0v) is 9.53. The molecule has 0 amide bonds. The highest BCUT2D eigenvalue weighted by Gasteiger charge is 2.41. The lowest BCUT2D eigenvalue weighted by molar-refractivity contribution is -0.220. The number of rotatable bonds is 4. The van der Waals surface area contributed by atoms with Crippen molar-refractivity contribution in [1.82, 2.24) is 4.98 Å². The first-order valence-corrected chi connectivity index (χ1v) is 5.04. The molecule has 17 heavy (non-hydrogen) atoms. The van der Waals surface area contributed by atoms with Gasteiger partial charge < -0.3 is 9.84 Å². The highest BCUT2D eigenvalue weighted by Crippen LogP contribution is 2.30. The van der Waals surface area contributed by atoms with E-state index < -0.39 is 24.8 Å². The molecule has 0 saturated carbocycles. The van der Waals surface area contributed by atoms with Gasteiger partial charge in [-0.3, -0.25) is 4.98 Å². The van der Waals surface area contributed by atoms with Crippen LogP contribution in [0.2, 0.25) is 0 Å². The molecule has 2 unspecified atom stereocenters. The minimum absolute atomic E-state index is 0.406. The molecule has 96 valence electrons. The highest BCUT2D eigenvalue weighted by molar-refractivity contribution is 5.18. The summed E-state index contributed by atoms with van der Waals surface area (Å²) in [5.74, 6) is 0. The van der Waals surface area contributed by atoms with Gasteiger partial charge >= 0.3 is 6.18 Å². The smallest absolute Gasteiger partial charge is 0.388 e. The molecule has 0 radical (unpaired) electrons. The fraction of sp³-hybridized carbons (Fsp3) is 0.545. The summed E-state index contributed by atoms with van der Waals surface area (Å²) in [4.78, 5) is 3.91. The molecule has 0 fully saturated rings. The van der Waals surface area contributed by atoms with Crippen LogP contribution in [0.15, 0.2) is 18.3 Å². The van der Waals surface area contributed by atoms with Gasteiger partial charge in [0.1, 0.15) is 0 Å². The molecule has 1 heterocycles. The second kappa shape index (κ2) is 5.46. The van der Waals surface area contributed by atoms with E-state index in [1.54, 1.807) is 13.0 Å². The number of nitrogens with zero attached hydrogens (tertiary/aromatic N) is 1. The van der Waals surface area contributed by atoms with E-state index in [4.69, 9.17) is 0 Å².